The minimum atomic E-state index is -0.316. The fourth-order valence-corrected chi connectivity index (χ4v) is 2.62. The zero-order chi connectivity index (χ0) is 11.9. The Kier molecular flexibility index (Phi) is 2.29. The average molecular weight is 231 g/mol. The number of piperidine rings is 1. The van der Waals surface area contributed by atoms with Crippen LogP contribution < -0.4 is 4.90 Å². The molecular formula is C13H14FN3. The second-order valence-electron chi connectivity index (χ2n) is 5.09. The topological polar surface area (TPSA) is 20.5 Å². The molecule has 2 fully saturated rings. The van der Waals surface area contributed by atoms with Crippen molar-refractivity contribution in [3.63, 3.8) is 0 Å². The molecule has 0 atom stereocenters. The van der Waals surface area contributed by atoms with Gasteiger partial charge < -0.3 is 9.74 Å². The number of anilines is 1. The minimum absolute atomic E-state index is 0.271. The molecule has 4 heteroatoms. The molecule has 1 saturated heterocycles. The second kappa shape index (κ2) is 3.69. The van der Waals surface area contributed by atoms with E-state index in [0.717, 1.165) is 32.1 Å². The quantitative estimate of drug-likeness (QED) is 0.692. The van der Waals surface area contributed by atoms with Gasteiger partial charge in [-0.05, 0) is 37.2 Å². The maximum Gasteiger partial charge on any atom is 0.271 e. The predicted molar refractivity (Wildman–Crippen MR) is 63.6 cm³/mol. The summed E-state index contributed by atoms with van der Waals surface area (Å²) in [6.45, 7) is 8.72. The predicted octanol–water partition coefficient (Wildman–Crippen LogP) is 3.15. The van der Waals surface area contributed by atoms with Crippen molar-refractivity contribution in [2.24, 2.45) is 5.41 Å². The highest BCUT2D eigenvalue weighted by Crippen LogP contribution is 2.54. The third kappa shape index (κ3) is 1.86. The Labute approximate surface area is 100 Å². The largest absolute Gasteiger partial charge is 0.370 e. The molecule has 0 N–H and O–H groups in total. The Morgan fingerprint density at radius 3 is 2.59 bits per heavy atom. The van der Waals surface area contributed by atoms with Crippen LogP contribution in [0.15, 0.2) is 12.3 Å². The van der Waals surface area contributed by atoms with Crippen LogP contribution in [0.2, 0.25) is 0 Å². The van der Waals surface area contributed by atoms with Gasteiger partial charge in [0, 0.05) is 13.1 Å². The van der Waals surface area contributed by atoms with E-state index < -0.39 is 0 Å². The first-order valence-electron chi connectivity index (χ1n) is 6.00. The van der Waals surface area contributed by atoms with Crippen molar-refractivity contribution in [3.8, 4) is 0 Å². The summed E-state index contributed by atoms with van der Waals surface area (Å²) in [5.74, 6) is -0.0442. The first kappa shape index (κ1) is 10.5. The molecule has 1 aromatic rings. The van der Waals surface area contributed by atoms with Gasteiger partial charge in [0.05, 0.1) is 5.69 Å². The third-order valence-electron chi connectivity index (χ3n) is 4.06. The molecule has 1 aromatic heterocycles. The highest BCUT2D eigenvalue weighted by Gasteiger charge is 2.44. The van der Waals surface area contributed by atoms with E-state index in [1.165, 1.54) is 12.8 Å². The Morgan fingerprint density at radius 2 is 2.00 bits per heavy atom. The second-order valence-corrected chi connectivity index (χ2v) is 5.09. The summed E-state index contributed by atoms with van der Waals surface area (Å²) >= 11 is 0. The van der Waals surface area contributed by atoms with E-state index in [2.05, 4.69) is 14.7 Å². The zero-order valence-electron chi connectivity index (χ0n) is 9.62. The Morgan fingerprint density at radius 1 is 1.29 bits per heavy atom. The van der Waals surface area contributed by atoms with Crippen molar-refractivity contribution in [1.29, 1.82) is 0 Å². The molecule has 0 aromatic carbocycles. The number of hydrogen-bond donors (Lipinski definition) is 0. The van der Waals surface area contributed by atoms with Crippen molar-refractivity contribution in [2.75, 3.05) is 18.0 Å². The molecule has 1 saturated carbocycles. The van der Waals surface area contributed by atoms with Crippen molar-refractivity contribution in [3.05, 3.63) is 29.5 Å². The normalized spacial score (nSPS) is 21.3. The van der Waals surface area contributed by atoms with Crippen LogP contribution in [0.1, 0.15) is 25.7 Å². The van der Waals surface area contributed by atoms with E-state index in [1.807, 2.05) is 0 Å². The average Bonchev–Trinajstić information content (AvgIpc) is 3.11. The van der Waals surface area contributed by atoms with Gasteiger partial charge in [0.25, 0.3) is 5.82 Å². The monoisotopic (exact) mass is 231 g/mol. The number of hydrogen-bond acceptors (Lipinski definition) is 2. The summed E-state index contributed by atoms with van der Waals surface area (Å²) in [6.07, 6.45) is 6.15. The van der Waals surface area contributed by atoms with Gasteiger partial charge in [-0.2, -0.15) is 0 Å². The number of halogens is 1. The molecule has 0 bridgehead atoms. The summed E-state index contributed by atoms with van der Waals surface area (Å²) in [7, 11) is 0. The van der Waals surface area contributed by atoms with E-state index in [4.69, 9.17) is 6.57 Å². The standard InChI is InChI=1S/C13H14FN3/c1-15-12-8-11(10(14)9-16-12)17-6-4-13(2-3-13)5-7-17/h8-9H,2-7H2. The van der Waals surface area contributed by atoms with Crippen LogP contribution >= 0.6 is 0 Å². The van der Waals surface area contributed by atoms with Gasteiger partial charge in [0.2, 0.25) is 0 Å². The molecule has 3 nitrogen and oxygen atoms in total. The fourth-order valence-electron chi connectivity index (χ4n) is 2.62. The van der Waals surface area contributed by atoms with Crippen LogP contribution in [0, 0.1) is 17.8 Å². The lowest BCUT2D eigenvalue weighted by molar-refractivity contribution is 0.382. The highest BCUT2D eigenvalue weighted by atomic mass is 19.1. The highest BCUT2D eigenvalue weighted by molar-refractivity contribution is 5.55. The number of aromatic nitrogens is 1. The first-order chi connectivity index (χ1) is 8.22. The SMILES string of the molecule is [C-]#[N+]c1cc(N2CCC3(CC2)CC3)c(F)cn1. The minimum Gasteiger partial charge on any atom is -0.370 e. The molecule has 1 aliphatic carbocycles. The Bertz CT molecular complexity index is 478. The number of nitrogens with zero attached hydrogens (tertiary/aromatic N) is 3. The third-order valence-corrected chi connectivity index (χ3v) is 4.06. The summed E-state index contributed by atoms with van der Waals surface area (Å²) in [6, 6.07) is 1.56. The lowest BCUT2D eigenvalue weighted by Gasteiger charge is -2.33. The van der Waals surface area contributed by atoms with Gasteiger partial charge in [0.15, 0.2) is 12.0 Å². The Hall–Kier alpha value is -1.63. The fraction of sp³-hybridized carbons (Fsp3) is 0.538. The van der Waals surface area contributed by atoms with Gasteiger partial charge in [0.1, 0.15) is 0 Å². The van der Waals surface area contributed by atoms with Crippen molar-refractivity contribution in [2.45, 2.75) is 25.7 Å². The van der Waals surface area contributed by atoms with Crippen LogP contribution in [0.5, 0.6) is 0 Å². The van der Waals surface area contributed by atoms with Crippen molar-refractivity contribution >= 4 is 11.5 Å². The summed E-state index contributed by atoms with van der Waals surface area (Å²) < 4.78 is 13.7. The van der Waals surface area contributed by atoms with E-state index in [9.17, 15) is 4.39 Å². The zero-order valence-corrected chi connectivity index (χ0v) is 9.62. The van der Waals surface area contributed by atoms with Crippen LogP contribution in [0.25, 0.3) is 4.85 Å². The molecular weight excluding hydrogens is 217 g/mol. The van der Waals surface area contributed by atoms with Gasteiger partial charge in [-0.15, -0.1) is 4.98 Å². The van der Waals surface area contributed by atoms with E-state index in [0.29, 0.717) is 11.1 Å². The molecule has 1 aliphatic heterocycles. The Balaban J connectivity index is 1.82. The van der Waals surface area contributed by atoms with Crippen LogP contribution in [-0.2, 0) is 0 Å². The molecule has 0 amide bonds. The van der Waals surface area contributed by atoms with Crippen LogP contribution in [0.3, 0.4) is 0 Å². The number of rotatable bonds is 1. The molecule has 3 rings (SSSR count). The molecule has 0 radical (unpaired) electrons. The molecule has 88 valence electrons. The van der Waals surface area contributed by atoms with Gasteiger partial charge >= 0.3 is 0 Å². The molecule has 1 spiro atoms. The maximum atomic E-state index is 13.7. The molecule has 17 heavy (non-hydrogen) atoms. The van der Waals surface area contributed by atoms with Crippen LogP contribution in [0.4, 0.5) is 15.9 Å². The first-order valence-corrected chi connectivity index (χ1v) is 6.00. The van der Waals surface area contributed by atoms with Crippen LogP contribution in [-0.4, -0.2) is 18.1 Å². The van der Waals surface area contributed by atoms with Crippen molar-refractivity contribution in [1.82, 2.24) is 4.98 Å². The van der Waals surface area contributed by atoms with Crippen molar-refractivity contribution < 1.29 is 4.39 Å². The number of pyridine rings is 1. The summed E-state index contributed by atoms with van der Waals surface area (Å²) in [4.78, 5) is 9.04. The van der Waals surface area contributed by atoms with E-state index in [-0.39, 0.29) is 11.6 Å². The molecule has 2 aliphatic rings. The van der Waals surface area contributed by atoms with Gasteiger partial charge in [-0.1, -0.05) is 6.57 Å². The van der Waals surface area contributed by atoms with E-state index >= 15 is 0 Å². The lowest BCUT2D eigenvalue weighted by atomic mass is 9.93. The molecule has 2 heterocycles. The molecule has 0 unspecified atom stereocenters. The smallest absolute Gasteiger partial charge is 0.271 e. The van der Waals surface area contributed by atoms with E-state index in [1.54, 1.807) is 6.07 Å². The van der Waals surface area contributed by atoms with Gasteiger partial charge in [-0.25, -0.2) is 4.39 Å². The summed E-state index contributed by atoms with van der Waals surface area (Å²) in [5, 5.41) is 0. The summed E-state index contributed by atoms with van der Waals surface area (Å²) in [5.41, 5.74) is 1.13. The van der Waals surface area contributed by atoms with Gasteiger partial charge in [-0.3, -0.25) is 0 Å². The maximum absolute atomic E-state index is 13.7. The lowest BCUT2D eigenvalue weighted by Crippen LogP contribution is -2.34.